The third kappa shape index (κ3) is 4.25. The zero-order valence-electron chi connectivity index (χ0n) is 14.0. The van der Waals surface area contributed by atoms with Crippen LogP contribution in [0.5, 0.6) is 11.5 Å². The van der Waals surface area contributed by atoms with E-state index in [2.05, 4.69) is 10.4 Å². The SMILES string of the molecule is COc1ccccc1OCC(=O)NCCn1nc(C)c(C)c1C. The van der Waals surface area contributed by atoms with E-state index in [-0.39, 0.29) is 12.5 Å². The van der Waals surface area contributed by atoms with E-state index in [0.29, 0.717) is 24.6 Å². The number of carbonyl (C=O) groups is 1. The van der Waals surface area contributed by atoms with Gasteiger partial charge in [0, 0.05) is 12.2 Å². The molecular weight excluding hydrogens is 294 g/mol. The molecule has 124 valence electrons. The zero-order chi connectivity index (χ0) is 16.8. The molecule has 6 nitrogen and oxygen atoms in total. The van der Waals surface area contributed by atoms with Crippen LogP contribution in [0.3, 0.4) is 0 Å². The first-order valence-corrected chi connectivity index (χ1v) is 7.56. The molecule has 1 amide bonds. The van der Waals surface area contributed by atoms with Crippen LogP contribution in [0.15, 0.2) is 24.3 Å². The Morgan fingerprint density at radius 2 is 1.91 bits per heavy atom. The summed E-state index contributed by atoms with van der Waals surface area (Å²) < 4.78 is 12.6. The first kappa shape index (κ1) is 16.9. The molecule has 23 heavy (non-hydrogen) atoms. The van der Waals surface area contributed by atoms with Gasteiger partial charge in [-0.2, -0.15) is 5.10 Å². The molecule has 0 saturated carbocycles. The Morgan fingerprint density at radius 1 is 1.22 bits per heavy atom. The number of para-hydroxylation sites is 2. The number of rotatable bonds is 7. The molecule has 0 radical (unpaired) electrons. The molecule has 0 fully saturated rings. The Morgan fingerprint density at radius 3 is 2.52 bits per heavy atom. The lowest BCUT2D eigenvalue weighted by Gasteiger charge is -2.11. The fraction of sp³-hybridized carbons (Fsp3) is 0.412. The maximum Gasteiger partial charge on any atom is 0.258 e. The number of aryl methyl sites for hydroxylation is 1. The fourth-order valence-corrected chi connectivity index (χ4v) is 2.24. The van der Waals surface area contributed by atoms with Gasteiger partial charge >= 0.3 is 0 Å². The number of methoxy groups -OCH3 is 1. The molecule has 0 spiro atoms. The van der Waals surface area contributed by atoms with Crippen molar-refractivity contribution < 1.29 is 14.3 Å². The maximum atomic E-state index is 11.9. The second-order valence-corrected chi connectivity index (χ2v) is 5.31. The molecule has 0 aliphatic heterocycles. The normalized spacial score (nSPS) is 10.4. The van der Waals surface area contributed by atoms with Crippen LogP contribution in [0.25, 0.3) is 0 Å². The number of ether oxygens (including phenoxy) is 2. The van der Waals surface area contributed by atoms with E-state index < -0.39 is 0 Å². The maximum absolute atomic E-state index is 11.9. The Labute approximate surface area is 136 Å². The second-order valence-electron chi connectivity index (χ2n) is 5.31. The summed E-state index contributed by atoms with van der Waals surface area (Å²) in [6.45, 7) is 7.17. The largest absolute Gasteiger partial charge is 0.493 e. The van der Waals surface area contributed by atoms with Gasteiger partial charge < -0.3 is 14.8 Å². The van der Waals surface area contributed by atoms with Crippen LogP contribution in [0.2, 0.25) is 0 Å². The first-order chi connectivity index (χ1) is 11.0. The predicted molar refractivity (Wildman–Crippen MR) is 87.9 cm³/mol. The van der Waals surface area contributed by atoms with Gasteiger partial charge in [0.15, 0.2) is 18.1 Å². The average Bonchev–Trinajstić information content (AvgIpc) is 2.80. The molecule has 0 atom stereocenters. The summed E-state index contributed by atoms with van der Waals surface area (Å²) in [5.74, 6) is 0.992. The van der Waals surface area contributed by atoms with Crippen LogP contribution in [-0.2, 0) is 11.3 Å². The van der Waals surface area contributed by atoms with Gasteiger partial charge in [-0.15, -0.1) is 0 Å². The smallest absolute Gasteiger partial charge is 0.258 e. The molecule has 0 aliphatic rings. The third-order valence-electron chi connectivity index (χ3n) is 3.82. The predicted octanol–water partition coefficient (Wildman–Crippen LogP) is 2.01. The molecule has 2 rings (SSSR count). The van der Waals surface area contributed by atoms with Gasteiger partial charge in [0.25, 0.3) is 5.91 Å². The lowest BCUT2D eigenvalue weighted by atomic mass is 10.2. The summed E-state index contributed by atoms with van der Waals surface area (Å²) in [6.07, 6.45) is 0. The van der Waals surface area contributed by atoms with E-state index in [1.54, 1.807) is 19.2 Å². The average molecular weight is 317 g/mol. The number of nitrogens with zero attached hydrogens (tertiary/aromatic N) is 2. The van der Waals surface area contributed by atoms with Crippen molar-refractivity contribution in [1.29, 1.82) is 0 Å². The topological polar surface area (TPSA) is 65.4 Å². The van der Waals surface area contributed by atoms with Crippen molar-refractivity contribution in [2.75, 3.05) is 20.3 Å². The van der Waals surface area contributed by atoms with Crippen molar-refractivity contribution in [2.24, 2.45) is 0 Å². The number of hydrogen-bond donors (Lipinski definition) is 1. The Hall–Kier alpha value is -2.50. The van der Waals surface area contributed by atoms with Crippen LogP contribution in [0.1, 0.15) is 17.0 Å². The van der Waals surface area contributed by atoms with Gasteiger partial charge in [0.1, 0.15) is 0 Å². The summed E-state index contributed by atoms with van der Waals surface area (Å²) >= 11 is 0. The summed E-state index contributed by atoms with van der Waals surface area (Å²) in [4.78, 5) is 11.9. The molecule has 2 aromatic rings. The van der Waals surface area contributed by atoms with Crippen molar-refractivity contribution in [1.82, 2.24) is 15.1 Å². The highest BCUT2D eigenvalue weighted by Gasteiger charge is 2.09. The van der Waals surface area contributed by atoms with Crippen molar-refractivity contribution >= 4 is 5.91 Å². The lowest BCUT2D eigenvalue weighted by Crippen LogP contribution is -2.32. The molecule has 1 aromatic carbocycles. The number of benzene rings is 1. The van der Waals surface area contributed by atoms with Gasteiger partial charge in [-0.1, -0.05) is 12.1 Å². The number of nitrogens with one attached hydrogen (secondary N) is 1. The molecule has 0 saturated heterocycles. The van der Waals surface area contributed by atoms with E-state index in [1.165, 1.54) is 5.56 Å². The van der Waals surface area contributed by atoms with E-state index in [9.17, 15) is 4.79 Å². The molecule has 1 aromatic heterocycles. The highest BCUT2D eigenvalue weighted by Crippen LogP contribution is 2.25. The van der Waals surface area contributed by atoms with Crippen molar-refractivity contribution in [3.05, 3.63) is 41.2 Å². The fourth-order valence-electron chi connectivity index (χ4n) is 2.24. The van der Waals surface area contributed by atoms with Crippen LogP contribution >= 0.6 is 0 Å². The highest BCUT2D eigenvalue weighted by atomic mass is 16.5. The first-order valence-electron chi connectivity index (χ1n) is 7.56. The quantitative estimate of drug-likeness (QED) is 0.848. The van der Waals surface area contributed by atoms with Gasteiger partial charge in [-0.05, 0) is 38.5 Å². The summed E-state index contributed by atoms with van der Waals surface area (Å²) in [5.41, 5.74) is 3.34. The van der Waals surface area contributed by atoms with Crippen molar-refractivity contribution in [2.45, 2.75) is 27.3 Å². The minimum absolute atomic E-state index is 0.0451. The van der Waals surface area contributed by atoms with E-state index in [1.807, 2.05) is 37.6 Å². The molecule has 1 N–H and O–H groups in total. The number of hydrogen-bond acceptors (Lipinski definition) is 4. The molecule has 0 bridgehead atoms. The van der Waals surface area contributed by atoms with Crippen molar-refractivity contribution in [3.8, 4) is 11.5 Å². The lowest BCUT2D eigenvalue weighted by molar-refractivity contribution is -0.123. The standard InChI is InChI=1S/C17H23N3O3/c1-12-13(2)19-20(14(12)3)10-9-18-17(21)11-23-16-8-6-5-7-15(16)22-4/h5-8H,9-11H2,1-4H3,(H,18,21). The number of carbonyl (C=O) groups excluding carboxylic acids is 1. The highest BCUT2D eigenvalue weighted by molar-refractivity contribution is 5.77. The van der Waals surface area contributed by atoms with Crippen LogP contribution in [0, 0.1) is 20.8 Å². The van der Waals surface area contributed by atoms with Gasteiger partial charge in [-0.25, -0.2) is 0 Å². The number of aromatic nitrogens is 2. The minimum Gasteiger partial charge on any atom is -0.493 e. The Balaban J connectivity index is 1.78. The third-order valence-corrected chi connectivity index (χ3v) is 3.82. The second kappa shape index (κ2) is 7.67. The zero-order valence-corrected chi connectivity index (χ0v) is 14.0. The Kier molecular flexibility index (Phi) is 5.62. The molecular formula is C17H23N3O3. The van der Waals surface area contributed by atoms with E-state index in [0.717, 1.165) is 11.4 Å². The van der Waals surface area contributed by atoms with Crippen molar-refractivity contribution in [3.63, 3.8) is 0 Å². The summed E-state index contributed by atoms with van der Waals surface area (Å²) in [7, 11) is 1.57. The van der Waals surface area contributed by atoms with Crippen LogP contribution < -0.4 is 14.8 Å². The summed E-state index contributed by atoms with van der Waals surface area (Å²) in [6, 6.07) is 7.24. The van der Waals surface area contributed by atoms with Gasteiger partial charge in [-0.3, -0.25) is 9.48 Å². The monoisotopic (exact) mass is 317 g/mol. The van der Waals surface area contributed by atoms with E-state index >= 15 is 0 Å². The molecule has 0 unspecified atom stereocenters. The number of amides is 1. The van der Waals surface area contributed by atoms with E-state index in [4.69, 9.17) is 9.47 Å². The minimum atomic E-state index is -0.172. The van der Waals surface area contributed by atoms with Crippen LogP contribution in [-0.4, -0.2) is 35.9 Å². The molecule has 1 heterocycles. The van der Waals surface area contributed by atoms with Gasteiger partial charge in [0.2, 0.25) is 0 Å². The molecule has 6 heteroatoms. The Bertz CT molecular complexity index is 680. The van der Waals surface area contributed by atoms with Gasteiger partial charge in [0.05, 0.1) is 19.3 Å². The van der Waals surface area contributed by atoms with Crippen LogP contribution in [0.4, 0.5) is 0 Å². The molecule has 0 aliphatic carbocycles. The summed E-state index contributed by atoms with van der Waals surface area (Å²) in [5, 5.41) is 7.27.